The molecule has 164 valence electrons. The van der Waals surface area contributed by atoms with Crippen molar-refractivity contribution < 1.29 is 19.0 Å². The number of urea groups is 1. The molecule has 31 heavy (non-hydrogen) atoms. The molecule has 1 aliphatic rings. The topological polar surface area (TPSA) is 110 Å². The highest BCUT2D eigenvalue weighted by Gasteiger charge is 2.23. The molecule has 0 spiro atoms. The minimum absolute atomic E-state index is 0.0644. The molecule has 2 amide bonds. The Hall–Kier alpha value is -3.17. The molecule has 0 bridgehead atoms. The molecule has 1 aliphatic heterocycles. The van der Waals surface area contributed by atoms with Crippen LogP contribution in [0.15, 0.2) is 42.6 Å². The fourth-order valence-electron chi connectivity index (χ4n) is 3.65. The van der Waals surface area contributed by atoms with Crippen molar-refractivity contribution in [2.45, 2.75) is 38.0 Å². The van der Waals surface area contributed by atoms with Gasteiger partial charge in [-0.15, -0.1) is 5.10 Å². The molecule has 9 heteroatoms. The summed E-state index contributed by atoms with van der Waals surface area (Å²) in [6.07, 6.45) is 3.54. The average molecular weight is 425 g/mol. The number of fused-ring (bicyclic) bond motifs is 1. The maximum atomic E-state index is 12.5. The second-order valence-electron chi connectivity index (χ2n) is 7.61. The van der Waals surface area contributed by atoms with E-state index in [1.165, 1.54) is 0 Å². The summed E-state index contributed by atoms with van der Waals surface area (Å²) in [6, 6.07) is 10.7. The Morgan fingerprint density at radius 1 is 1.35 bits per heavy atom. The van der Waals surface area contributed by atoms with Crippen molar-refractivity contribution in [1.29, 1.82) is 0 Å². The zero-order valence-electron chi connectivity index (χ0n) is 17.6. The van der Waals surface area contributed by atoms with Crippen LogP contribution in [0.25, 0.3) is 10.9 Å². The van der Waals surface area contributed by atoms with Gasteiger partial charge in [0.25, 0.3) is 0 Å². The number of hydrogen-bond donors (Lipinski definition) is 3. The number of anilines is 1. The van der Waals surface area contributed by atoms with E-state index < -0.39 is 0 Å². The van der Waals surface area contributed by atoms with Gasteiger partial charge >= 0.3 is 6.03 Å². The van der Waals surface area contributed by atoms with E-state index in [4.69, 9.17) is 14.2 Å². The van der Waals surface area contributed by atoms with Crippen LogP contribution in [0.1, 0.15) is 31.4 Å². The molecular weight excluding hydrogens is 398 g/mol. The van der Waals surface area contributed by atoms with Crippen molar-refractivity contribution >= 4 is 22.8 Å². The van der Waals surface area contributed by atoms with Crippen molar-refractivity contribution in [3.63, 3.8) is 0 Å². The third kappa shape index (κ3) is 5.31. The van der Waals surface area contributed by atoms with Crippen LogP contribution in [0.4, 0.5) is 10.6 Å². The molecule has 0 saturated carbocycles. The second-order valence-corrected chi connectivity index (χ2v) is 7.61. The largest absolute Gasteiger partial charge is 0.473 e. The summed E-state index contributed by atoms with van der Waals surface area (Å²) in [5, 5.41) is 13.7. The highest BCUT2D eigenvalue weighted by atomic mass is 16.5. The summed E-state index contributed by atoms with van der Waals surface area (Å²) in [5.74, 6) is 0.922. The molecular formula is C22H27N5O4. The van der Waals surface area contributed by atoms with E-state index in [0.29, 0.717) is 24.9 Å². The summed E-state index contributed by atoms with van der Waals surface area (Å²) in [7, 11) is 1.60. The van der Waals surface area contributed by atoms with E-state index in [2.05, 4.69) is 25.8 Å². The summed E-state index contributed by atoms with van der Waals surface area (Å²) in [5.41, 5.74) is 1.69. The summed E-state index contributed by atoms with van der Waals surface area (Å²) in [4.78, 5) is 16.9. The number of carbonyl (C=O) groups excluding carboxylic acids is 1. The van der Waals surface area contributed by atoms with Gasteiger partial charge in [0.05, 0.1) is 36.3 Å². The van der Waals surface area contributed by atoms with Gasteiger partial charge in [-0.25, -0.2) is 9.78 Å². The van der Waals surface area contributed by atoms with E-state index >= 15 is 0 Å². The Labute approximate surface area is 180 Å². The number of hydrogen-bond acceptors (Lipinski definition) is 6. The molecule has 3 aromatic rings. The Morgan fingerprint density at radius 2 is 2.19 bits per heavy atom. The number of pyridine rings is 1. The monoisotopic (exact) mass is 425 g/mol. The highest BCUT2D eigenvalue weighted by Crippen LogP contribution is 2.27. The molecule has 1 saturated heterocycles. The average Bonchev–Trinajstić information content (AvgIpc) is 3.16. The number of aromatic amines is 1. The van der Waals surface area contributed by atoms with Crippen molar-refractivity contribution in [2.75, 3.05) is 25.6 Å². The fraction of sp³-hybridized carbons (Fsp3) is 0.409. The molecule has 1 fully saturated rings. The first-order valence-electron chi connectivity index (χ1n) is 10.4. The number of benzene rings is 1. The van der Waals surface area contributed by atoms with Crippen molar-refractivity contribution in [1.82, 2.24) is 20.5 Å². The number of amides is 2. The maximum absolute atomic E-state index is 12.5. The van der Waals surface area contributed by atoms with E-state index in [9.17, 15) is 4.79 Å². The summed E-state index contributed by atoms with van der Waals surface area (Å²) in [6.45, 7) is 3.08. The molecule has 9 nitrogen and oxygen atoms in total. The molecule has 4 rings (SSSR count). The van der Waals surface area contributed by atoms with E-state index in [-0.39, 0.29) is 24.3 Å². The molecule has 2 aromatic heterocycles. The van der Waals surface area contributed by atoms with Crippen LogP contribution in [0.2, 0.25) is 0 Å². The van der Waals surface area contributed by atoms with E-state index in [1.54, 1.807) is 19.4 Å². The maximum Gasteiger partial charge on any atom is 0.320 e. The first-order chi connectivity index (χ1) is 15.1. The Morgan fingerprint density at radius 3 is 2.97 bits per heavy atom. The zero-order chi connectivity index (χ0) is 21.6. The lowest BCUT2D eigenvalue weighted by Gasteiger charge is -2.27. The molecule has 3 N–H and O–H groups in total. The number of ether oxygens (including phenoxy) is 3. The van der Waals surface area contributed by atoms with Gasteiger partial charge in [0.2, 0.25) is 5.88 Å². The lowest BCUT2D eigenvalue weighted by molar-refractivity contribution is -0.0260. The molecule has 3 atom stereocenters. The predicted octanol–water partition coefficient (Wildman–Crippen LogP) is 3.41. The highest BCUT2D eigenvalue weighted by molar-refractivity contribution is 5.92. The standard InChI is InChI=1S/C22H27N5O4/c1-14-10-16(8-9-30-14)31-21-17-12-23-20(11-18(17)26-27-21)25-22(28)24-19(13-29-2)15-6-4-3-5-7-15/h3-7,11-12,14,16,19H,8-10,13H2,1-2H3,(H,26,27)(H2,23,24,25,28)/t14-,16-,19+/m0/s1. The first-order valence-corrected chi connectivity index (χ1v) is 10.4. The van der Waals surface area contributed by atoms with Crippen molar-refractivity contribution in [3.8, 4) is 5.88 Å². The van der Waals surface area contributed by atoms with Crippen LogP contribution in [-0.2, 0) is 9.47 Å². The predicted molar refractivity (Wildman–Crippen MR) is 116 cm³/mol. The Bertz CT molecular complexity index is 1010. The SMILES string of the molecule is COC[C@@H](NC(=O)Nc1cc2[nH]nc(O[C@H]3CCO[C@@H](C)C3)c2cn1)c1ccccc1. The first kappa shape index (κ1) is 21.1. The van der Waals surface area contributed by atoms with Crippen molar-refractivity contribution in [3.05, 3.63) is 48.2 Å². The molecule has 0 unspecified atom stereocenters. The molecule has 3 heterocycles. The van der Waals surface area contributed by atoms with Gasteiger partial charge < -0.3 is 19.5 Å². The van der Waals surface area contributed by atoms with Crippen molar-refractivity contribution in [2.24, 2.45) is 0 Å². The van der Waals surface area contributed by atoms with Gasteiger partial charge in [-0.2, -0.15) is 0 Å². The number of carbonyl (C=O) groups is 1. The smallest absolute Gasteiger partial charge is 0.320 e. The number of nitrogens with one attached hydrogen (secondary N) is 3. The van der Waals surface area contributed by atoms with Gasteiger partial charge in [-0.05, 0) is 12.5 Å². The van der Waals surface area contributed by atoms with Crippen LogP contribution in [0.5, 0.6) is 5.88 Å². The van der Waals surface area contributed by atoms with Crippen LogP contribution in [0, 0.1) is 0 Å². The minimum atomic E-state index is -0.370. The Kier molecular flexibility index (Phi) is 6.63. The number of aromatic nitrogens is 3. The number of nitrogens with zero attached hydrogens (tertiary/aromatic N) is 2. The van der Waals surface area contributed by atoms with E-state index in [1.807, 2.05) is 37.3 Å². The number of rotatable bonds is 7. The Balaban J connectivity index is 1.41. The quantitative estimate of drug-likeness (QED) is 0.535. The van der Waals surface area contributed by atoms with Gasteiger partial charge in [0, 0.05) is 32.2 Å². The van der Waals surface area contributed by atoms with E-state index in [0.717, 1.165) is 29.3 Å². The van der Waals surface area contributed by atoms with Crippen LogP contribution in [-0.4, -0.2) is 53.7 Å². The van der Waals surface area contributed by atoms with Crippen LogP contribution < -0.4 is 15.4 Å². The lowest BCUT2D eigenvalue weighted by Crippen LogP contribution is -2.35. The number of H-pyrrole nitrogens is 1. The normalized spacial score (nSPS) is 19.7. The fourth-order valence-corrected chi connectivity index (χ4v) is 3.65. The number of methoxy groups -OCH3 is 1. The minimum Gasteiger partial charge on any atom is -0.473 e. The molecule has 0 aliphatic carbocycles. The second kappa shape index (κ2) is 9.76. The van der Waals surface area contributed by atoms with Gasteiger partial charge in [0.1, 0.15) is 11.9 Å². The van der Waals surface area contributed by atoms with Gasteiger partial charge in [0.15, 0.2) is 0 Å². The third-order valence-corrected chi connectivity index (χ3v) is 5.21. The summed E-state index contributed by atoms with van der Waals surface area (Å²) >= 11 is 0. The summed E-state index contributed by atoms with van der Waals surface area (Å²) < 4.78 is 16.9. The zero-order valence-corrected chi connectivity index (χ0v) is 17.6. The van der Waals surface area contributed by atoms with Crippen LogP contribution >= 0.6 is 0 Å². The third-order valence-electron chi connectivity index (χ3n) is 5.21. The van der Waals surface area contributed by atoms with Gasteiger partial charge in [-0.3, -0.25) is 10.4 Å². The van der Waals surface area contributed by atoms with Gasteiger partial charge in [-0.1, -0.05) is 30.3 Å². The molecule has 1 aromatic carbocycles. The molecule has 0 radical (unpaired) electrons. The van der Waals surface area contributed by atoms with Crippen LogP contribution in [0.3, 0.4) is 0 Å². The lowest BCUT2D eigenvalue weighted by atomic mass is 10.1.